The van der Waals surface area contributed by atoms with Gasteiger partial charge in [-0.25, -0.2) is 9.59 Å². The van der Waals surface area contributed by atoms with Gasteiger partial charge in [0.05, 0.1) is 12.1 Å². The van der Waals surface area contributed by atoms with Gasteiger partial charge in [-0.05, 0) is 25.1 Å². The number of carbonyl (C=O) groups excluding carboxylic acids is 2. The molecule has 2 rings (SSSR count). The van der Waals surface area contributed by atoms with Crippen LogP contribution in [0.5, 0.6) is 5.75 Å². The third-order valence-electron chi connectivity index (χ3n) is 3.87. The van der Waals surface area contributed by atoms with E-state index in [1.54, 1.807) is 31.0 Å². The summed E-state index contributed by atoms with van der Waals surface area (Å²) in [4.78, 5) is 38.0. The molecule has 0 aliphatic carbocycles. The summed E-state index contributed by atoms with van der Waals surface area (Å²) in [5, 5.41) is 11.6. The van der Waals surface area contributed by atoms with Crippen molar-refractivity contribution in [2.75, 3.05) is 33.3 Å². The van der Waals surface area contributed by atoms with E-state index in [2.05, 4.69) is 5.32 Å². The van der Waals surface area contributed by atoms with Gasteiger partial charge in [0.2, 0.25) is 5.91 Å². The number of likely N-dealkylation sites (N-methyl/N-ethyl adjacent to an activating group) is 1. The van der Waals surface area contributed by atoms with E-state index >= 15 is 0 Å². The molecule has 1 aromatic carbocycles. The second-order valence-electron chi connectivity index (χ2n) is 5.54. The van der Waals surface area contributed by atoms with Crippen molar-refractivity contribution in [3.63, 3.8) is 0 Å². The Balaban J connectivity index is 1.78. The van der Waals surface area contributed by atoms with Crippen LogP contribution in [0.3, 0.4) is 0 Å². The second kappa shape index (κ2) is 7.67. The maximum Gasteiger partial charge on any atom is 0.335 e. The number of benzene rings is 1. The van der Waals surface area contributed by atoms with Crippen LogP contribution in [0.4, 0.5) is 4.79 Å². The van der Waals surface area contributed by atoms with Gasteiger partial charge in [0.15, 0.2) is 0 Å². The first-order valence-corrected chi connectivity index (χ1v) is 7.65. The van der Waals surface area contributed by atoms with Crippen LogP contribution < -0.4 is 10.1 Å². The molecule has 1 aromatic rings. The molecule has 2 N–H and O–H groups in total. The van der Waals surface area contributed by atoms with Crippen LogP contribution in [0.15, 0.2) is 24.3 Å². The summed E-state index contributed by atoms with van der Waals surface area (Å²) in [6.07, 6.45) is 0. The largest absolute Gasteiger partial charge is 0.492 e. The standard InChI is InChI=1S/C16H21N3O5/c1-11-14(20)18(2)7-8-19(11)16(23)17-6-9-24-13-5-3-4-12(10-13)15(21)22/h3-5,10-11H,6-9H2,1-2H3,(H,17,23)(H,21,22)/t11-/m0/s1. The molecule has 3 amide bonds. The van der Waals surface area contributed by atoms with Crippen molar-refractivity contribution < 1.29 is 24.2 Å². The number of urea groups is 1. The number of carbonyl (C=O) groups is 3. The van der Waals surface area contributed by atoms with Gasteiger partial charge in [-0.15, -0.1) is 0 Å². The molecule has 130 valence electrons. The molecule has 0 spiro atoms. The first-order chi connectivity index (χ1) is 11.4. The zero-order valence-corrected chi connectivity index (χ0v) is 13.7. The van der Waals surface area contributed by atoms with Crippen LogP contribution in [0.2, 0.25) is 0 Å². The lowest BCUT2D eigenvalue weighted by molar-refractivity contribution is -0.137. The van der Waals surface area contributed by atoms with Crippen LogP contribution in [-0.2, 0) is 4.79 Å². The van der Waals surface area contributed by atoms with Crippen LogP contribution in [0.1, 0.15) is 17.3 Å². The number of ether oxygens (including phenoxy) is 1. The molecular formula is C16H21N3O5. The fourth-order valence-corrected chi connectivity index (χ4v) is 2.44. The molecular weight excluding hydrogens is 314 g/mol. The summed E-state index contributed by atoms with van der Waals surface area (Å²) in [5.74, 6) is -0.687. The normalized spacial score (nSPS) is 17.6. The summed E-state index contributed by atoms with van der Waals surface area (Å²) in [7, 11) is 1.72. The summed E-state index contributed by atoms with van der Waals surface area (Å²) < 4.78 is 5.43. The number of nitrogens with zero attached hydrogens (tertiary/aromatic N) is 2. The second-order valence-corrected chi connectivity index (χ2v) is 5.54. The number of aromatic carboxylic acids is 1. The predicted octanol–water partition coefficient (Wildman–Crippen LogP) is 0.636. The quantitative estimate of drug-likeness (QED) is 0.769. The average molecular weight is 335 g/mol. The minimum atomic E-state index is -1.03. The van der Waals surface area contributed by atoms with Gasteiger partial charge in [-0.3, -0.25) is 4.79 Å². The number of amides is 3. The number of piperazine rings is 1. The Morgan fingerprint density at radius 2 is 2.12 bits per heavy atom. The SMILES string of the molecule is C[C@H]1C(=O)N(C)CCN1C(=O)NCCOc1cccc(C(=O)O)c1. The third-order valence-corrected chi connectivity index (χ3v) is 3.87. The summed E-state index contributed by atoms with van der Waals surface area (Å²) in [6.45, 7) is 3.14. The maximum absolute atomic E-state index is 12.1. The van der Waals surface area contributed by atoms with Gasteiger partial charge in [-0.2, -0.15) is 0 Å². The van der Waals surface area contributed by atoms with Gasteiger partial charge in [0, 0.05) is 20.1 Å². The van der Waals surface area contributed by atoms with Gasteiger partial charge in [-0.1, -0.05) is 6.07 Å². The Kier molecular flexibility index (Phi) is 5.62. The van der Waals surface area contributed by atoms with Crippen molar-refractivity contribution in [2.45, 2.75) is 13.0 Å². The van der Waals surface area contributed by atoms with Gasteiger partial charge >= 0.3 is 12.0 Å². The van der Waals surface area contributed by atoms with E-state index in [9.17, 15) is 14.4 Å². The highest BCUT2D eigenvalue weighted by Gasteiger charge is 2.32. The highest BCUT2D eigenvalue weighted by Crippen LogP contribution is 2.13. The molecule has 1 fully saturated rings. The van der Waals surface area contributed by atoms with Gasteiger partial charge < -0.3 is 25.0 Å². The Morgan fingerprint density at radius 3 is 2.83 bits per heavy atom. The topological polar surface area (TPSA) is 99.2 Å². The minimum Gasteiger partial charge on any atom is -0.492 e. The number of rotatable bonds is 5. The van der Waals surface area contributed by atoms with E-state index in [0.717, 1.165) is 0 Å². The Hall–Kier alpha value is -2.77. The van der Waals surface area contributed by atoms with E-state index in [1.807, 2.05) is 0 Å². The smallest absolute Gasteiger partial charge is 0.335 e. The fraction of sp³-hybridized carbons (Fsp3) is 0.438. The number of hydrogen-bond acceptors (Lipinski definition) is 4. The Labute approximate surface area is 140 Å². The number of hydrogen-bond donors (Lipinski definition) is 2. The van der Waals surface area contributed by atoms with Crippen molar-refractivity contribution in [3.05, 3.63) is 29.8 Å². The highest BCUT2D eigenvalue weighted by atomic mass is 16.5. The van der Waals surface area contributed by atoms with Crippen LogP contribution in [0.25, 0.3) is 0 Å². The number of carboxylic acids is 1. The fourth-order valence-electron chi connectivity index (χ4n) is 2.44. The minimum absolute atomic E-state index is 0.0851. The molecule has 8 nitrogen and oxygen atoms in total. The number of nitrogens with one attached hydrogen (secondary N) is 1. The van der Waals surface area contributed by atoms with Crippen molar-refractivity contribution in [2.24, 2.45) is 0 Å². The van der Waals surface area contributed by atoms with Crippen molar-refractivity contribution in [1.82, 2.24) is 15.1 Å². The van der Waals surface area contributed by atoms with E-state index in [0.29, 0.717) is 18.8 Å². The molecule has 0 bridgehead atoms. The predicted molar refractivity (Wildman–Crippen MR) is 86.1 cm³/mol. The number of carboxylic acid groups (broad SMARTS) is 1. The zero-order valence-electron chi connectivity index (χ0n) is 13.7. The van der Waals surface area contributed by atoms with E-state index in [-0.39, 0.29) is 30.7 Å². The molecule has 0 unspecified atom stereocenters. The molecule has 1 heterocycles. The van der Waals surface area contributed by atoms with Gasteiger partial charge in [0.1, 0.15) is 18.4 Å². The Morgan fingerprint density at radius 1 is 1.38 bits per heavy atom. The molecule has 1 saturated heterocycles. The van der Waals surface area contributed by atoms with E-state index in [1.165, 1.54) is 17.0 Å². The molecule has 1 aliphatic heterocycles. The first kappa shape index (κ1) is 17.6. The molecule has 1 atom stereocenters. The summed E-state index contributed by atoms with van der Waals surface area (Å²) in [5.41, 5.74) is 0.140. The van der Waals surface area contributed by atoms with Crippen LogP contribution in [0, 0.1) is 0 Å². The lowest BCUT2D eigenvalue weighted by Gasteiger charge is -2.37. The van der Waals surface area contributed by atoms with Crippen molar-refractivity contribution in [3.8, 4) is 5.75 Å². The molecule has 0 radical (unpaired) electrons. The first-order valence-electron chi connectivity index (χ1n) is 7.65. The van der Waals surface area contributed by atoms with E-state index in [4.69, 9.17) is 9.84 Å². The van der Waals surface area contributed by atoms with Gasteiger partial charge in [0.25, 0.3) is 0 Å². The molecule has 0 saturated carbocycles. The van der Waals surface area contributed by atoms with Crippen LogP contribution >= 0.6 is 0 Å². The molecule has 1 aliphatic rings. The maximum atomic E-state index is 12.1. The van der Waals surface area contributed by atoms with Crippen molar-refractivity contribution in [1.29, 1.82) is 0 Å². The zero-order chi connectivity index (χ0) is 17.7. The summed E-state index contributed by atoms with van der Waals surface area (Å²) in [6, 6.07) is 5.34. The lowest BCUT2D eigenvalue weighted by atomic mass is 10.2. The Bertz CT molecular complexity index is 634. The van der Waals surface area contributed by atoms with Crippen LogP contribution in [-0.4, -0.2) is 72.1 Å². The highest BCUT2D eigenvalue weighted by molar-refractivity contribution is 5.88. The lowest BCUT2D eigenvalue weighted by Crippen LogP contribution is -2.58. The third kappa shape index (κ3) is 4.15. The molecule has 0 aromatic heterocycles. The van der Waals surface area contributed by atoms with Crippen molar-refractivity contribution >= 4 is 17.9 Å². The molecule has 8 heteroatoms. The monoisotopic (exact) mass is 335 g/mol. The van der Waals surface area contributed by atoms with E-state index < -0.39 is 12.0 Å². The molecule has 24 heavy (non-hydrogen) atoms. The summed E-state index contributed by atoms with van der Waals surface area (Å²) >= 11 is 0. The average Bonchev–Trinajstić information content (AvgIpc) is 2.57.